The first-order valence-corrected chi connectivity index (χ1v) is 8.35. The Hall–Kier alpha value is 0.240. The largest absolute Gasteiger partial charge is 0.229 e. The van der Waals surface area contributed by atoms with Gasteiger partial charge in [-0.1, -0.05) is 20.8 Å². The third-order valence-corrected chi connectivity index (χ3v) is 5.59. The molecule has 1 heterocycles. The molecule has 96 valence electrons. The first-order chi connectivity index (χ1) is 7.23. The Morgan fingerprint density at radius 2 is 2.00 bits per heavy atom. The van der Waals surface area contributed by atoms with Crippen molar-refractivity contribution >= 4 is 21.4 Å². The molecule has 0 radical (unpaired) electrons. The molecule has 0 saturated carbocycles. The van der Waals surface area contributed by atoms with E-state index in [2.05, 4.69) is 20.8 Å². The predicted molar refractivity (Wildman–Crippen MR) is 69.7 cm³/mol. The van der Waals surface area contributed by atoms with Gasteiger partial charge in [0.05, 0.1) is 11.5 Å². The van der Waals surface area contributed by atoms with Crippen LogP contribution in [0.3, 0.4) is 0 Å². The molecular formula is C12H23ClO2S. The average Bonchev–Trinajstić information content (AvgIpc) is 2.45. The van der Waals surface area contributed by atoms with E-state index in [0.717, 1.165) is 19.3 Å². The molecule has 0 N–H and O–H groups in total. The molecule has 0 aromatic rings. The fourth-order valence-electron chi connectivity index (χ4n) is 2.25. The molecule has 16 heavy (non-hydrogen) atoms. The highest BCUT2D eigenvalue weighted by atomic mass is 35.5. The Labute approximate surface area is 105 Å². The minimum absolute atomic E-state index is 0.296. The second-order valence-electron chi connectivity index (χ2n) is 6.18. The molecule has 1 rings (SSSR count). The molecule has 1 aliphatic rings. The van der Waals surface area contributed by atoms with Crippen molar-refractivity contribution in [2.75, 3.05) is 17.4 Å². The zero-order valence-corrected chi connectivity index (χ0v) is 12.1. The molecule has 0 aromatic carbocycles. The molecule has 0 amide bonds. The SMILES string of the molecule is CC(C)(C)CCC(CCl)C1CCS(=O)(=O)C1. The maximum Gasteiger partial charge on any atom is 0.150 e. The number of rotatable bonds is 4. The molecule has 1 aliphatic heterocycles. The summed E-state index contributed by atoms with van der Waals surface area (Å²) in [5.74, 6) is 1.98. The second kappa shape index (κ2) is 5.26. The monoisotopic (exact) mass is 266 g/mol. The average molecular weight is 267 g/mol. The summed E-state index contributed by atoms with van der Waals surface area (Å²) < 4.78 is 22.8. The Morgan fingerprint density at radius 3 is 2.38 bits per heavy atom. The maximum absolute atomic E-state index is 11.4. The highest BCUT2D eigenvalue weighted by Gasteiger charge is 2.33. The molecule has 0 aromatic heterocycles. The van der Waals surface area contributed by atoms with Gasteiger partial charge in [0.2, 0.25) is 0 Å². The van der Waals surface area contributed by atoms with Gasteiger partial charge in [0, 0.05) is 5.88 Å². The molecule has 0 spiro atoms. The van der Waals surface area contributed by atoms with Gasteiger partial charge in [-0.3, -0.25) is 0 Å². The van der Waals surface area contributed by atoms with Crippen LogP contribution in [-0.2, 0) is 9.84 Å². The Bertz CT molecular complexity index is 316. The molecule has 0 bridgehead atoms. The van der Waals surface area contributed by atoms with E-state index in [1.807, 2.05) is 0 Å². The molecule has 1 fully saturated rings. The van der Waals surface area contributed by atoms with E-state index in [9.17, 15) is 8.42 Å². The Morgan fingerprint density at radius 1 is 1.38 bits per heavy atom. The molecule has 0 aliphatic carbocycles. The Kier molecular flexibility index (Phi) is 4.70. The number of hydrogen-bond donors (Lipinski definition) is 0. The zero-order valence-electron chi connectivity index (χ0n) is 10.5. The third-order valence-electron chi connectivity index (χ3n) is 3.40. The lowest BCUT2D eigenvalue weighted by Crippen LogP contribution is -2.20. The predicted octanol–water partition coefficient (Wildman–Crippen LogP) is 3.10. The fourth-order valence-corrected chi connectivity index (χ4v) is 4.58. The number of alkyl halides is 1. The van der Waals surface area contributed by atoms with Crippen LogP contribution in [0.25, 0.3) is 0 Å². The lowest BCUT2D eigenvalue weighted by molar-refractivity contribution is 0.289. The van der Waals surface area contributed by atoms with Crippen LogP contribution in [0.15, 0.2) is 0 Å². The van der Waals surface area contributed by atoms with Crippen LogP contribution in [0.4, 0.5) is 0 Å². The fraction of sp³-hybridized carbons (Fsp3) is 1.00. The van der Waals surface area contributed by atoms with Crippen molar-refractivity contribution in [2.45, 2.75) is 40.0 Å². The van der Waals surface area contributed by atoms with Crippen molar-refractivity contribution in [3.8, 4) is 0 Å². The van der Waals surface area contributed by atoms with E-state index >= 15 is 0 Å². The smallest absolute Gasteiger partial charge is 0.150 e. The van der Waals surface area contributed by atoms with Crippen molar-refractivity contribution < 1.29 is 8.42 Å². The maximum atomic E-state index is 11.4. The lowest BCUT2D eigenvalue weighted by atomic mass is 9.82. The van der Waals surface area contributed by atoms with Gasteiger partial charge < -0.3 is 0 Å². The molecule has 1 saturated heterocycles. The van der Waals surface area contributed by atoms with E-state index in [4.69, 9.17) is 11.6 Å². The van der Waals surface area contributed by atoms with Crippen LogP contribution in [0.1, 0.15) is 40.0 Å². The van der Waals surface area contributed by atoms with Crippen molar-refractivity contribution in [2.24, 2.45) is 17.3 Å². The van der Waals surface area contributed by atoms with Gasteiger partial charge in [0.15, 0.2) is 9.84 Å². The van der Waals surface area contributed by atoms with Crippen LogP contribution in [0.5, 0.6) is 0 Å². The van der Waals surface area contributed by atoms with Gasteiger partial charge >= 0.3 is 0 Å². The summed E-state index contributed by atoms with van der Waals surface area (Å²) in [5, 5.41) is 0. The zero-order chi connectivity index (χ0) is 12.4. The summed E-state index contributed by atoms with van der Waals surface area (Å²) in [5.41, 5.74) is 0.307. The topological polar surface area (TPSA) is 34.1 Å². The van der Waals surface area contributed by atoms with Crippen molar-refractivity contribution in [1.29, 1.82) is 0 Å². The van der Waals surface area contributed by atoms with Crippen LogP contribution in [-0.4, -0.2) is 25.8 Å². The first-order valence-electron chi connectivity index (χ1n) is 6.00. The van der Waals surface area contributed by atoms with Crippen molar-refractivity contribution in [3.63, 3.8) is 0 Å². The van der Waals surface area contributed by atoms with Gasteiger partial charge in [-0.15, -0.1) is 11.6 Å². The lowest BCUT2D eigenvalue weighted by Gasteiger charge is -2.25. The highest BCUT2D eigenvalue weighted by Crippen LogP contribution is 2.33. The van der Waals surface area contributed by atoms with E-state index in [0.29, 0.717) is 34.6 Å². The third kappa shape index (κ3) is 4.62. The molecule has 2 unspecified atom stereocenters. The van der Waals surface area contributed by atoms with Crippen LogP contribution < -0.4 is 0 Å². The summed E-state index contributed by atoms with van der Waals surface area (Å²) in [6.07, 6.45) is 2.97. The molecule has 2 nitrogen and oxygen atoms in total. The van der Waals surface area contributed by atoms with Gasteiger partial charge in [-0.05, 0) is 36.5 Å². The minimum Gasteiger partial charge on any atom is -0.229 e. The van der Waals surface area contributed by atoms with E-state index < -0.39 is 9.84 Å². The van der Waals surface area contributed by atoms with Gasteiger partial charge in [-0.2, -0.15) is 0 Å². The summed E-state index contributed by atoms with van der Waals surface area (Å²) in [4.78, 5) is 0. The summed E-state index contributed by atoms with van der Waals surface area (Å²) in [7, 11) is -2.76. The number of halogens is 1. The minimum atomic E-state index is -2.76. The van der Waals surface area contributed by atoms with Crippen molar-refractivity contribution in [1.82, 2.24) is 0 Å². The summed E-state index contributed by atoms with van der Waals surface area (Å²) in [6.45, 7) is 6.64. The standard InChI is InChI=1S/C12H23ClO2S/c1-12(2,3)6-4-10(8-13)11-5-7-16(14,15)9-11/h10-11H,4-9H2,1-3H3. The highest BCUT2D eigenvalue weighted by molar-refractivity contribution is 7.91. The molecule has 2 atom stereocenters. The molecule has 4 heteroatoms. The number of sulfone groups is 1. The van der Waals surface area contributed by atoms with Crippen LogP contribution >= 0.6 is 11.6 Å². The van der Waals surface area contributed by atoms with E-state index in [-0.39, 0.29) is 0 Å². The first kappa shape index (κ1) is 14.3. The quantitative estimate of drug-likeness (QED) is 0.733. The van der Waals surface area contributed by atoms with E-state index in [1.165, 1.54) is 0 Å². The van der Waals surface area contributed by atoms with Crippen LogP contribution in [0, 0.1) is 17.3 Å². The van der Waals surface area contributed by atoms with Gasteiger partial charge in [0.1, 0.15) is 0 Å². The van der Waals surface area contributed by atoms with Gasteiger partial charge in [-0.25, -0.2) is 8.42 Å². The normalized spacial score (nSPS) is 26.9. The Balaban J connectivity index is 2.50. The van der Waals surface area contributed by atoms with Gasteiger partial charge in [0.25, 0.3) is 0 Å². The summed E-state index contributed by atoms with van der Waals surface area (Å²) >= 11 is 5.97. The van der Waals surface area contributed by atoms with E-state index in [1.54, 1.807) is 0 Å². The van der Waals surface area contributed by atoms with Crippen LogP contribution in [0.2, 0.25) is 0 Å². The number of hydrogen-bond acceptors (Lipinski definition) is 2. The van der Waals surface area contributed by atoms with Crippen molar-refractivity contribution in [3.05, 3.63) is 0 Å². The second-order valence-corrected chi connectivity index (χ2v) is 8.71. The summed E-state index contributed by atoms with van der Waals surface area (Å²) in [6, 6.07) is 0. The molecular weight excluding hydrogens is 244 g/mol.